The smallest absolute Gasteiger partial charge is 0.363 e. The van der Waals surface area contributed by atoms with E-state index in [2.05, 4.69) is 64.0 Å². The van der Waals surface area contributed by atoms with Gasteiger partial charge in [-0.1, -0.05) is 25.1 Å². The quantitative estimate of drug-likeness (QED) is 0.273. The van der Waals surface area contributed by atoms with Crippen LogP contribution in [0.2, 0.25) is 0 Å². The lowest BCUT2D eigenvalue weighted by molar-refractivity contribution is -0.129. The van der Waals surface area contributed by atoms with Gasteiger partial charge in [-0.25, -0.2) is 9.79 Å². The number of rotatable bonds is 5. The van der Waals surface area contributed by atoms with Crippen molar-refractivity contribution < 1.29 is 14.3 Å². The van der Waals surface area contributed by atoms with Crippen LogP contribution < -0.4 is 4.74 Å². The fourth-order valence-electron chi connectivity index (χ4n) is 2.33. The zero-order valence-corrected chi connectivity index (χ0v) is 18.6. The first-order chi connectivity index (χ1) is 12.5. The molecule has 2 aromatic carbocycles. The molecule has 2 aromatic rings. The van der Waals surface area contributed by atoms with Crippen molar-refractivity contribution in [3.8, 4) is 5.75 Å². The Labute approximate surface area is 180 Å². The average molecular weight is 573 g/mol. The molecular formula is C20H17I2NO3. The third-order valence-electron chi connectivity index (χ3n) is 3.86. The highest BCUT2D eigenvalue weighted by atomic mass is 127. The third kappa shape index (κ3) is 4.46. The van der Waals surface area contributed by atoms with Crippen molar-refractivity contribution in [2.45, 2.75) is 26.4 Å². The average Bonchev–Trinajstić information content (AvgIpc) is 2.99. The summed E-state index contributed by atoms with van der Waals surface area (Å²) in [7, 11) is 0. The molecule has 0 aliphatic carbocycles. The van der Waals surface area contributed by atoms with E-state index >= 15 is 0 Å². The fraction of sp³-hybridized carbons (Fsp3) is 0.200. The van der Waals surface area contributed by atoms with Crippen molar-refractivity contribution in [2.75, 3.05) is 0 Å². The molecule has 0 saturated carbocycles. The van der Waals surface area contributed by atoms with Crippen molar-refractivity contribution in [1.29, 1.82) is 0 Å². The van der Waals surface area contributed by atoms with E-state index in [1.165, 1.54) is 0 Å². The molecule has 0 radical (unpaired) electrons. The Kier molecular flexibility index (Phi) is 6.33. The summed E-state index contributed by atoms with van der Waals surface area (Å²) >= 11 is 4.51. The van der Waals surface area contributed by atoms with Crippen molar-refractivity contribution in [1.82, 2.24) is 0 Å². The molecule has 1 heterocycles. The van der Waals surface area contributed by atoms with Gasteiger partial charge in [-0.15, -0.1) is 0 Å². The minimum Gasteiger partial charge on any atom is -0.489 e. The van der Waals surface area contributed by atoms with Crippen LogP contribution >= 0.6 is 45.2 Å². The molecule has 1 aliphatic heterocycles. The summed E-state index contributed by atoms with van der Waals surface area (Å²) in [5, 5.41) is 0. The van der Waals surface area contributed by atoms with Gasteiger partial charge >= 0.3 is 5.97 Å². The maximum atomic E-state index is 12.1. The predicted molar refractivity (Wildman–Crippen MR) is 119 cm³/mol. The van der Waals surface area contributed by atoms with Crippen LogP contribution in [-0.2, 0) is 9.53 Å². The van der Waals surface area contributed by atoms with Gasteiger partial charge in [-0.3, -0.25) is 0 Å². The Balaban J connectivity index is 1.90. The van der Waals surface area contributed by atoms with E-state index in [1.54, 1.807) is 6.08 Å². The normalized spacial score (nSPS) is 16.4. The van der Waals surface area contributed by atoms with Crippen molar-refractivity contribution >= 4 is 63.1 Å². The summed E-state index contributed by atoms with van der Waals surface area (Å²) in [6.07, 6.45) is 2.85. The highest BCUT2D eigenvalue weighted by Gasteiger charge is 2.24. The van der Waals surface area contributed by atoms with Gasteiger partial charge < -0.3 is 9.47 Å². The van der Waals surface area contributed by atoms with E-state index in [1.807, 2.05) is 42.5 Å². The Morgan fingerprint density at radius 3 is 2.46 bits per heavy atom. The van der Waals surface area contributed by atoms with E-state index in [-0.39, 0.29) is 6.10 Å². The maximum absolute atomic E-state index is 12.1. The minimum absolute atomic E-state index is 0.157. The maximum Gasteiger partial charge on any atom is 0.363 e. The van der Waals surface area contributed by atoms with Crippen LogP contribution in [0.4, 0.5) is 0 Å². The summed E-state index contributed by atoms with van der Waals surface area (Å²) in [6, 6.07) is 13.4. The van der Waals surface area contributed by atoms with Crippen LogP contribution in [0.15, 0.2) is 53.2 Å². The van der Waals surface area contributed by atoms with Crippen molar-refractivity contribution in [3.05, 3.63) is 66.4 Å². The lowest BCUT2D eigenvalue weighted by Crippen LogP contribution is -2.11. The molecule has 0 saturated heterocycles. The van der Waals surface area contributed by atoms with Crippen LogP contribution in [-0.4, -0.2) is 18.0 Å². The van der Waals surface area contributed by atoms with E-state index in [0.717, 1.165) is 30.4 Å². The van der Waals surface area contributed by atoms with Crippen LogP contribution in [0.25, 0.3) is 6.08 Å². The van der Waals surface area contributed by atoms with E-state index < -0.39 is 5.97 Å². The molecule has 0 aromatic heterocycles. The van der Waals surface area contributed by atoms with Crippen LogP contribution in [0.3, 0.4) is 0 Å². The standard InChI is InChI=1S/C20H17I2NO3/c1-3-12(2)25-18-15(21)9-13(10-16(18)22)11-17-20(24)26-19(23-17)14-7-5-4-6-8-14/h4-12H,3H2,1-2H3/b17-11-. The van der Waals surface area contributed by atoms with E-state index in [4.69, 9.17) is 9.47 Å². The van der Waals surface area contributed by atoms with Gasteiger partial charge in [0.2, 0.25) is 5.90 Å². The minimum atomic E-state index is -0.436. The Bertz CT molecular complexity index is 868. The number of carbonyl (C=O) groups excluding carboxylic acids is 1. The first kappa shape index (κ1) is 19.3. The summed E-state index contributed by atoms with van der Waals surface area (Å²) in [5.41, 5.74) is 1.97. The molecular weight excluding hydrogens is 556 g/mol. The molecule has 134 valence electrons. The monoisotopic (exact) mass is 573 g/mol. The van der Waals surface area contributed by atoms with Crippen molar-refractivity contribution in [3.63, 3.8) is 0 Å². The highest BCUT2D eigenvalue weighted by molar-refractivity contribution is 14.1. The van der Waals surface area contributed by atoms with E-state index in [0.29, 0.717) is 11.6 Å². The second kappa shape index (κ2) is 8.51. The zero-order valence-electron chi connectivity index (χ0n) is 14.3. The number of carbonyl (C=O) groups is 1. The fourth-order valence-corrected chi connectivity index (χ4v) is 4.40. The van der Waals surface area contributed by atoms with Crippen molar-refractivity contribution in [2.24, 2.45) is 4.99 Å². The number of benzene rings is 2. The van der Waals surface area contributed by atoms with Gasteiger partial charge in [0, 0.05) is 5.56 Å². The molecule has 3 rings (SSSR count). The van der Waals surface area contributed by atoms with Gasteiger partial charge in [0.25, 0.3) is 0 Å². The second-order valence-electron chi connectivity index (χ2n) is 5.85. The largest absolute Gasteiger partial charge is 0.489 e. The molecule has 6 heteroatoms. The number of nitrogens with zero attached hydrogens (tertiary/aromatic N) is 1. The molecule has 1 atom stereocenters. The SMILES string of the molecule is CCC(C)Oc1c(I)cc(/C=C2\N=C(c3ccccc3)OC2=O)cc1I. The molecule has 0 N–H and O–H groups in total. The van der Waals surface area contributed by atoms with Crippen LogP contribution in [0.5, 0.6) is 5.75 Å². The summed E-state index contributed by atoms with van der Waals surface area (Å²) in [6.45, 7) is 4.15. The van der Waals surface area contributed by atoms with Gasteiger partial charge in [-0.05, 0) is 94.4 Å². The van der Waals surface area contributed by atoms with Gasteiger partial charge in [-0.2, -0.15) is 0 Å². The highest BCUT2D eigenvalue weighted by Crippen LogP contribution is 2.31. The summed E-state index contributed by atoms with van der Waals surface area (Å²) < 4.78 is 13.3. The van der Waals surface area contributed by atoms with Gasteiger partial charge in [0.15, 0.2) is 5.70 Å². The Morgan fingerprint density at radius 1 is 1.19 bits per heavy atom. The lowest BCUT2D eigenvalue weighted by atomic mass is 10.2. The first-order valence-electron chi connectivity index (χ1n) is 8.21. The first-order valence-corrected chi connectivity index (χ1v) is 10.4. The number of esters is 1. The van der Waals surface area contributed by atoms with E-state index in [9.17, 15) is 4.79 Å². The molecule has 4 nitrogen and oxygen atoms in total. The molecule has 0 spiro atoms. The zero-order chi connectivity index (χ0) is 18.7. The van der Waals surface area contributed by atoms with Gasteiger partial charge in [0.1, 0.15) is 5.75 Å². The lowest BCUT2D eigenvalue weighted by Gasteiger charge is -2.16. The third-order valence-corrected chi connectivity index (χ3v) is 5.46. The predicted octanol–water partition coefficient (Wildman–Crippen LogP) is 5.42. The number of hydrogen-bond acceptors (Lipinski definition) is 4. The summed E-state index contributed by atoms with van der Waals surface area (Å²) in [5.74, 6) is 0.780. The number of halogens is 2. The molecule has 0 amide bonds. The summed E-state index contributed by atoms with van der Waals surface area (Å²) in [4.78, 5) is 16.5. The topological polar surface area (TPSA) is 47.9 Å². The molecule has 0 bridgehead atoms. The number of hydrogen-bond donors (Lipinski definition) is 0. The Hall–Kier alpha value is -1.42. The van der Waals surface area contributed by atoms with Gasteiger partial charge in [0.05, 0.1) is 13.2 Å². The number of cyclic esters (lactones) is 1. The molecule has 1 aliphatic rings. The Morgan fingerprint density at radius 2 is 1.85 bits per heavy atom. The second-order valence-corrected chi connectivity index (χ2v) is 8.18. The van der Waals surface area contributed by atoms with Crippen LogP contribution in [0.1, 0.15) is 31.4 Å². The number of ether oxygens (including phenoxy) is 2. The number of aliphatic imine (C=N–C) groups is 1. The molecule has 26 heavy (non-hydrogen) atoms. The molecule has 1 unspecified atom stereocenters. The van der Waals surface area contributed by atoms with Crippen LogP contribution in [0, 0.1) is 7.14 Å². The molecule has 0 fully saturated rings.